The number of rotatable bonds is 7. The lowest BCUT2D eigenvalue weighted by Crippen LogP contribution is -2.28. The van der Waals surface area contributed by atoms with Crippen molar-refractivity contribution in [1.82, 2.24) is 15.1 Å². The first-order valence-corrected chi connectivity index (χ1v) is 6.83. The zero-order chi connectivity index (χ0) is 13.7. The van der Waals surface area contributed by atoms with Gasteiger partial charge < -0.3 is 10.1 Å². The van der Waals surface area contributed by atoms with E-state index in [0.29, 0.717) is 6.04 Å². The maximum atomic E-state index is 5.11. The quantitative estimate of drug-likeness (QED) is 0.776. The third kappa shape index (κ3) is 3.33. The third-order valence-electron chi connectivity index (χ3n) is 3.58. The zero-order valence-electron chi connectivity index (χ0n) is 12.0. The predicted octanol–water partition coefficient (Wildman–Crippen LogP) is 2.13. The second-order valence-corrected chi connectivity index (χ2v) is 4.91. The summed E-state index contributed by atoms with van der Waals surface area (Å²) in [6.07, 6.45) is 3.14. The molecule has 4 nitrogen and oxygen atoms in total. The summed E-state index contributed by atoms with van der Waals surface area (Å²) in [5, 5.41) is 9.29. The minimum absolute atomic E-state index is 0.452. The number of ether oxygens (including phenoxy) is 1. The molecule has 2 rings (SSSR count). The number of para-hydroxylation sites is 1. The van der Waals surface area contributed by atoms with Gasteiger partial charge in [-0.2, -0.15) is 5.10 Å². The lowest BCUT2D eigenvalue weighted by molar-refractivity contribution is 0.189. The number of fused-ring (bicyclic) bond motifs is 1. The van der Waals surface area contributed by atoms with Crippen LogP contribution in [0.4, 0.5) is 0 Å². The number of benzene rings is 1. The lowest BCUT2D eigenvalue weighted by Gasteiger charge is -2.14. The molecule has 0 aliphatic heterocycles. The molecule has 0 saturated carbocycles. The van der Waals surface area contributed by atoms with Crippen molar-refractivity contribution in [2.45, 2.75) is 25.3 Å². The average molecular weight is 261 g/mol. The van der Waals surface area contributed by atoms with E-state index in [1.54, 1.807) is 7.11 Å². The van der Waals surface area contributed by atoms with Crippen LogP contribution in [0.5, 0.6) is 0 Å². The molecule has 1 heterocycles. The first kappa shape index (κ1) is 14.0. The summed E-state index contributed by atoms with van der Waals surface area (Å²) in [6, 6.07) is 8.85. The van der Waals surface area contributed by atoms with Crippen molar-refractivity contribution >= 4 is 10.9 Å². The lowest BCUT2D eigenvalue weighted by atomic mass is 10.0. The molecule has 1 N–H and O–H groups in total. The summed E-state index contributed by atoms with van der Waals surface area (Å²) >= 11 is 0. The van der Waals surface area contributed by atoms with Gasteiger partial charge in [-0.3, -0.25) is 4.68 Å². The van der Waals surface area contributed by atoms with Crippen LogP contribution in [0.2, 0.25) is 0 Å². The van der Waals surface area contributed by atoms with Crippen LogP contribution in [-0.2, 0) is 18.2 Å². The maximum absolute atomic E-state index is 5.11. The van der Waals surface area contributed by atoms with E-state index in [0.717, 1.165) is 25.9 Å². The molecular weight excluding hydrogens is 238 g/mol. The minimum Gasteiger partial charge on any atom is -0.385 e. The van der Waals surface area contributed by atoms with Gasteiger partial charge in [0.15, 0.2) is 0 Å². The molecule has 0 spiro atoms. The summed E-state index contributed by atoms with van der Waals surface area (Å²) in [4.78, 5) is 0. The molecule has 0 radical (unpaired) electrons. The molecule has 1 atom stereocenters. The van der Waals surface area contributed by atoms with Crippen LogP contribution in [0.15, 0.2) is 24.3 Å². The van der Waals surface area contributed by atoms with E-state index in [9.17, 15) is 0 Å². The van der Waals surface area contributed by atoms with E-state index in [1.807, 2.05) is 18.8 Å². The van der Waals surface area contributed by atoms with Crippen molar-refractivity contribution in [1.29, 1.82) is 0 Å². The molecule has 0 aliphatic rings. The van der Waals surface area contributed by atoms with Crippen LogP contribution in [0.1, 0.15) is 18.5 Å². The van der Waals surface area contributed by atoms with Crippen molar-refractivity contribution in [3.8, 4) is 0 Å². The number of methoxy groups -OCH3 is 1. The van der Waals surface area contributed by atoms with Crippen molar-refractivity contribution in [3.05, 3.63) is 30.0 Å². The molecule has 0 fully saturated rings. The molecule has 1 aromatic carbocycles. The fourth-order valence-electron chi connectivity index (χ4n) is 2.50. The Balaban J connectivity index is 2.11. The average Bonchev–Trinajstić information content (AvgIpc) is 2.75. The maximum Gasteiger partial charge on any atom is 0.0718 e. The highest BCUT2D eigenvalue weighted by Crippen LogP contribution is 2.19. The zero-order valence-corrected chi connectivity index (χ0v) is 12.0. The number of nitrogens with one attached hydrogen (secondary N) is 1. The molecule has 0 aliphatic carbocycles. The van der Waals surface area contributed by atoms with Crippen molar-refractivity contribution in [2.24, 2.45) is 7.05 Å². The number of likely N-dealkylation sites (N-methyl/N-ethyl adjacent to an activating group) is 1. The van der Waals surface area contributed by atoms with Crippen LogP contribution < -0.4 is 5.32 Å². The first-order valence-electron chi connectivity index (χ1n) is 6.83. The fraction of sp³-hybridized carbons (Fsp3) is 0.533. The Morgan fingerprint density at radius 3 is 2.89 bits per heavy atom. The topological polar surface area (TPSA) is 39.1 Å². The van der Waals surface area contributed by atoms with Crippen molar-refractivity contribution in [2.75, 3.05) is 20.8 Å². The molecule has 4 heteroatoms. The Labute approximate surface area is 114 Å². The van der Waals surface area contributed by atoms with Crippen LogP contribution in [0.3, 0.4) is 0 Å². The Morgan fingerprint density at radius 2 is 2.16 bits per heavy atom. The molecule has 0 saturated heterocycles. The number of hydrogen-bond donors (Lipinski definition) is 1. The van der Waals surface area contributed by atoms with E-state index in [2.05, 4.69) is 34.7 Å². The van der Waals surface area contributed by atoms with Crippen LogP contribution in [0, 0.1) is 0 Å². The SMILES string of the molecule is CNC(CCCOC)Cc1nn(C)c2ccccc12. The van der Waals surface area contributed by atoms with E-state index >= 15 is 0 Å². The van der Waals surface area contributed by atoms with Gasteiger partial charge >= 0.3 is 0 Å². The molecule has 104 valence electrons. The molecule has 2 aromatic rings. The number of aryl methyl sites for hydroxylation is 1. The van der Waals surface area contributed by atoms with Crippen LogP contribution in [0.25, 0.3) is 10.9 Å². The smallest absolute Gasteiger partial charge is 0.0718 e. The van der Waals surface area contributed by atoms with Gasteiger partial charge in [0, 0.05) is 38.6 Å². The first-order chi connectivity index (χ1) is 9.26. The van der Waals surface area contributed by atoms with Gasteiger partial charge in [0.1, 0.15) is 0 Å². The third-order valence-corrected chi connectivity index (χ3v) is 3.58. The van der Waals surface area contributed by atoms with Crippen LogP contribution in [-0.4, -0.2) is 36.6 Å². The van der Waals surface area contributed by atoms with E-state index in [4.69, 9.17) is 4.74 Å². The summed E-state index contributed by atoms with van der Waals surface area (Å²) in [7, 11) is 5.77. The summed E-state index contributed by atoms with van der Waals surface area (Å²) < 4.78 is 7.08. The Morgan fingerprint density at radius 1 is 1.37 bits per heavy atom. The van der Waals surface area contributed by atoms with E-state index in [1.165, 1.54) is 16.6 Å². The molecular formula is C15H23N3O. The van der Waals surface area contributed by atoms with E-state index in [-0.39, 0.29) is 0 Å². The largest absolute Gasteiger partial charge is 0.385 e. The van der Waals surface area contributed by atoms with Crippen LogP contribution >= 0.6 is 0 Å². The van der Waals surface area contributed by atoms with Gasteiger partial charge in [0.05, 0.1) is 11.2 Å². The monoisotopic (exact) mass is 261 g/mol. The summed E-state index contributed by atoms with van der Waals surface area (Å²) in [5.74, 6) is 0. The number of hydrogen-bond acceptors (Lipinski definition) is 3. The summed E-state index contributed by atoms with van der Waals surface area (Å²) in [6.45, 7) is 0.821. The molecule has 1 unspecified atom stereocenters. The highest BCUT2D eigenvalue weighted by molar-refractivity contribution is 5.81. The van der Waals surface area contributed by atoms with Gasteiger partial charge in [0.2, 0.25) is 0 Å². The molecule has 19 heavy (non-hydrogen) atoms. The Bertz CT molecular complexity index is 521. The van der Waals surface area contributed by atoms with E-state index < -0.39 is 0 Å². The van der Waals surface area contributed by atoms with Crippen molar-refractivity contribution < 1.29 is 4.74 Å². The van der Waals surface area contributed by atoms with Gasteiger partial charge in [-0.15, -0.1) is 0 Å². The van der Waals surface area contributed by atoms with Crippen molar-refractivity contribution in [3.63, 3.8) is 0 Å². The normalized spacial score (nSPS) is 13.0. The van der Waals surface area contributed by atoms with Gasteiger partial charge in [-0.05, 0) is 26.0 Å². The van der Waals surface area contributed by atoms with Gasteiger partial charge in [0.25, 0.3) is 0 Å². The Hall–Kier alpha value is -1.39. The van der Waals surface area contributed by atoms with Gasteiger partial charge in [-0.25, -0.2) is 0 Å². The number of nitrogens with zero attached hydrogens (tertiary/aromatic N) is 2. The highest BCUT2D eigenvalue weighted by Gasteiger charge is 2.13. The standard InChI is InChI=1S/C15H23N3O/c1-16-12(7-6-10-19-3)11-14-13-8-4-5-9-15(13)18(2)17-14/h4-5,8-9,12,16H,6-7,10-11H2,1-3H3. The number of aromatic nitrogens is 2. The fourth-order valence-corrected chi connectivity index (χ4v) is 2.50. The molecule has 1 aromatic heterocycles. The highest BCUT2D eigenvalue weighted by atomic mass is 16.5. The molecule has 0 bridgehead atoms. The summed E-state index contributed by atoms with van der Waals surface area (Å²) in [5.41, 5.74) is 2.37. The Kier molecular flexibility index (Phi) is 4.93. The van der Waals surface area contributed by atoms with Gasteiger partial charge in [-0.1, -0.05) is 18.2 Å². The predicted molar refractivity (Wildman–Crippen MR) is 78.4 cm³/mol. The second kappa shape index (κ2) is 6.68. The molecule has 0 amide bonds. The second-order valence-electron chi connectivity index (χ2n) is 4.91. The minimum atomic E-state index is 0.452.